The molecule has 0 saturated heterocycles. The number of phenolic OH excluding ortho intramolecular Hbond substituents is 1. The molecule has 0 radical (unpaired) electrons. The molecule has 0 saturated carbocycles. The van der Waals surface area contributed by atoms with Crippen molar-refractivity contribution >= 4 is 6.41 Å². The first-order valence-electron chi connectivity index (χ1n) is 6.25. The second-order valence-electron chi connectivity index (χ2n) is 4.42. The van der Waals surface area contributed by atoms with Crippen LogP contribution in [-0.4, -0.2) is 16.5 Å². The van der Waals surface area contributed by atoms with Gasteiger partial charge in [-0.15, -0.1) is 0 Å². The summed E-state index contributed by atoms with van der Waals surface area (Å²) in [5, 5.41) is 10.1. The number of hydrazine groups is 1. The van der Waals surface area contributed by atoms with Crippen LogP contribution < -0.4 is 11.6 Å². The van der Waals surface area contributed by atoms with Crippen LogP contribution in [0.4, 0.5) is 0 Å². The Morgan fingerprint density at radius 1 is 1.00 bits per heavy atom. The molecular formula is C16H15N3O2. The highest BCUT2D eigenvalue weighted by atomic mass is 16.3. The number of carbonyl (C=O) groups is 1. The van der Waals surface area contributed by atoms with E-state index in [1.54, 1.807) is 48.5 Å². The molecule has 2 aromatic rings. The lowest BCUT2D eigenvalue weighted by Gasteiger charge is -2.19. The highest BCUT2D eigenvalue weighted by Gasteiger charge is 2.09. The van der Waals surface area contributed by atoms with Crippen molar-refractivity contribution in [2.75, 3.05) is 0 Å². The zero-order chi connectivity index (χ0) is 15.2. The van der Waals surface area contributed by atoms with Crippen LogP contribution in [-0.2, 0) is 4.79 Å². The molecule has 1 amide bonds. The number of hydrogen-bond donors (Lipinski definition) is 3. The lowest BCUT2D eigenvalue weighted by Crippen LogP contribution is -2.38. The fourth-order valence-electron chi connectivity index (χ4n) is 1.69. The average Bonchev–Trinajstić information content (AvgIpc) is 2.53. The van der Waals surface area contributed by atoms with Gasteiger partial charge in [0.05, 0.1) is 0 Å². The van der Waals surface area contributed by atoms with Crippen LogP contribution in [0.5, 0.6) is 5.75 Å². The molecule has 0 spiro atoms. The van der Waals surface area contributed by atoms with Gasteiger partial charge in [-0.05, 0) is 42.0 Å². The predicted molar refractivity (Wildman–Crippen MR) is 79.5 cm³/mol. The Bertz CT molecular complexity index is 669. The van der Waals surface area contributed by atoms with Crippen molar-refractivity contribution in [3.63, 3.8) is 0 Å². The molecule has 5 heteroatoms. The predicted octanol–water partition coefficient (Wildman–Crippen LogP) is 1.08. The van der Waals surface area contributed by atoms with Crippen LogP contribution in [0, 0.1) is 11.8 Å². The summed E-state index contributed by atoms with van der Waals surface area (Å²) in [6, 6.07) is 13.8. The lowest BCUT2D eigenvalue weighted by atomic mass is 10.1. The van der Waals surface area contributed by atoms with Gasteiger partial charge in [0.25, 0.3) is 0 Å². The second-order valence-corrected chi connectivity index (χ2v) is 4.42. The minimum absolute atomic E-state index is 0.209. The van der Waals surface area contributed by atoms with Crippen molar-refractivity contribution < 1.29 is 9.90 Å². The highest BCUT2D eigenvalue weighted by molar-refractivity contribution is 5.48. The van der Waals surface area contributed by atoms with Crippen molar-refractivity contribution in [3.05, 3.63) is 65.2 Å². The van der Waals surface area contributed by atoms with E-state index >= 15 is 0 Å². The van der Waals surface area contributed by atoms with Gasteiger partial charge < -0.3 is 10.8 Å². The maximum absolute atomic E-state index is 10.6. The fraction of sp³-hybridized carbons (Fsp3) is 0.0625. The van der Waals surface area contributed by atoms with E-state index in [0.717, 1.165) is 21.7 Å². The van der Waals surface area contributed by atoms with Crippen LogP contribution in [0.1, 0.15) is 22.9 Å². The number of benzene rings is 2. The molecule has 2 aromatic carbocycles. The zero-order valence-electron chi connectivity index (χ0n) is 11.2. The highest BCUT2D eigenvalue weighted by Crippen LogP contribution is 2.12. The normalized spacial score (nSPS) is 11.1. The molecule has 0 fully saturated rings. The van der Waals surface area contributed by atoms with E-state index in [1.165, 1.54) is 0 Å². The lowest BCUT2D eigenvalue weighted by molar-refractivity contribution is -0.120. The molecule has 2 rings (SSSR count). The molecule has 21 heavy (non-hydrogen) atoms. The first-order chi connectivity index (χ1) is 10.1. The first-order valence-corrected chi connectivity index (χ1v) is 6.25. The van der Waals surface area contributed by atoms with Crippen LogP contribution in [0.15, 0.2) is 48.5 Å². The Labute approximate surface area is 122 Å². The average molecular weight is 281 g/mol. The first kappa shape index (κ1) is 14.6. The van der Waals surface area contributed by atoms with Gasteiger partial charge in [0.15, 0.2) is 0 Å². The maximum atomic E-state index is 10.6. The third-order valence-electron chi connectivity index (χ3n) is 2.91. The number of carbonyl (C=O) groups excluding carboxylic acids is 1. The summed E-state index contributed by atoms with van der Waals surface area (Å²) in [5.41, 5.74) is 8.13. The summed E-state index contributed by atoms with van der Waals surface area (Å²) in [6.07, 6.45) is -0.204. The number of nitrogens with zero attached hydrogens (tertiary/aromatic N) is 1. The molecule has 5 N–H and O–H groups in total. The van der Waals surface area contributed by atoms with Crippen LogP contribution in [0.2, 0.25) is 0 Å². The minimum atomic E-state index is -0.679. The molecule has 0 aromatic heterocycles. The van der Waals surface area contributed by atoms with E-state index in [4.69, 9.17) is 11.6 Å². The number of hydrogen-bond acceptors (Lipinski definition) is 4. The number of aromatic hydroxyl groups is 1. The maximum Gasteiger partial charge on any atom is 0.225 e. The van der Waals surface area contributed by atoms with E-state index < -0.39 is 6.17 Å². The topological polar surface area (TPSA) is 92.6 Å². The smallest absolute Gasteiger partial charge is 0.225 e. The Morgan fingerprint density at radius 3 is 1.95 bits per heavy atom. The molecule has 0 aliphatic heterocycles. The van der Waals surface area contributed by atoms with E-state index in [0.29, 0.717) is 6.41 Å². The van der Waals surface area contributed by atoms with Gasteiger partial charge >= 0.3 is 0 Å². The third-order valence-corrected chi connectivity index (χ3v) is 2.91. The molecular weight excluding hydrogens is 266 g/mol. The molecule has 0 aliphatic carbocycles. The van der Waals surface area contributed by atoms with Crippen LogP contribution in [0.25, 0.3) is 0 Å². The molecule has 1 atom stereocenters. The number of nitrogens with two attached hydrogens (primary N) is 2. The van der Waals surface area contributed by atoms with Crippen LogP contribution in [0.3, 0.4) is 0 Å². The number of phenols is 1. The van der Waals surface area contributed by atoms with Gasteiger partial charge in [0.1, 0.15) is 11.9 Å². The van der Waals surface area contributed by atoms with Crippen molar-refractivity contribution in [2.24, 2.45) is 11.6 Å². The molecule has 5 nitrogen and oxygen atoms in total. The van der Waals surface area contributed by atoms with Crippen molar-refractivity contribution in [1.29, 1.82) is 0 Å². The largest absolute Gasteiger partial charge is 0.508 e. The van der Waals surface area contributed by atoms with Crippen LogP contribution >= 0.6 is 0 Å². The van der Waals surface area contributed by atoms with E-state index in [-0.39, 0.29) is 5.75 Å². The quantitative estimate of drug-likeness (QED) is 0.196. The molecule has 1 unspecified atom stereocenters. The zero-order valence-corrected chi connectivity index (χ0v) is 11.2. The summed E-state index contributed by atoms with van der Waals surface area (Å²) >= 11 is 0. The summed E-state index contributed by atoms with van der Waals surface area (Å²) < 4.78 is 0. The van der Waals surface area contributed by atoms with Crippen molar-refractivity contribution in [2.45, 2.75) is 6.17 Å². The summed E-state index contributed by atoms with van der Waals surface area (Å²) in [6.45, 7) is 0. The fourth-order valence-corrected chi connectivity index (χ4v) is 1.69. The minimum Gasteiger partial charge on any atom is -0.508 e. The van der Waals surface area contributed by atoms with Gasteiger partial charge in [0, 0.05) is 11.1 Å². The Kier molecular flexibility index (Phi) is 4.57. The molecule has 0 aliphatic rings. The van der Waals surface area contributed by atoms with Gasteiger partial charge in [-0.25, -0.2) is 5.84 Å². The second kappa shape index (κ2) is 6.57. The number of rotatable bonds is 3. The monoisotopic (exact) mass is 281 g/mol. The Morgan fingerprint density at radius 2 is 1.48 bits per heavy atom. The van der Waals surface area contributed by atoms with Crippen molar-refractivity contribution in [3.8, 4) is 17.6 Å². The van der Waals surface area contributed by atoms with Gasteiger partial charge in [-0.1, -0.05) is 24.0 Å². The number of amides is 1. The van der Waals surface area contributed by atoms with Gasteiger partial charge in [0.2, 0.25) is 6.41 Å². The Hall–Kier alpha value is -2.81. The molecule has 106 valence electrons. The van der Waals surface area contributed by atoms with Gasteiger partial charge in [-0.3, -0.25) is 9.80 Å². The van der Waals surface area contributed by atoms with Crippen molar-refractivity contribution in [1.82, 2.24) is 5.01 Å². The van der Waals surface area contributed by atoms with Gasteiger partial charge in [-0.2, -0.15) is 0 Å². The molecule has 0 bridgehead atoms. The third kappa shape index (κ3) is 3.83. The molecule has 0 heterocycles. The summed E-state index contributed by atoms with van der Waals surface area (Å²) in [7, 11) is 0. The van der Waals surface area contributed by atoms with E-state index in [1.807, 2.05) is 0 Å². The Balaban J connectivity index is 2.13. The SMILES string of the molecule is NC(c1ccc(C#Cc2ccc(O)cc2)cc1)N(N)C=O. The van der Waals surface area contributed by atoms with E-state index in [2.05, 4.69) is 11.8 Å². The summed E-state index contributed by atoms with van der Waals surface area (Å²) in [5.74, 6) is 11.6. The van der Waals surface area contributed by atoms with E-state index in [9.17, 15) is 9.90 Å². The standard InChI is InChI=1S/C16H15N3O2/c17-16(19(18)11-20)14-7-3-12(4-8-14)1-2-13-5-9-15(21)10-6-13/h3-11,16,21H,17-18H2. The summed E-state index contributed by atoms with van der Waals surface area (Å²) in [4.78, 5) is 10.6.